The molecule has 7 nitrogen and oxygen atoms in total. The van der Waals surface area contributed by atoms with Gasteiger partial charge < -0.3 is 15.6 Å². The van der Waals surface area contributed by atoms with Crippen LogP contribution in [0.5, 0.6) is 0 Å². The number of nitrogens with zero attached hydrogens (tertiary/aromatic N) is 3. The van der Waals surface area contributed by atoms with Crippen LogP contribution in [-0.4, -0.2) is 21.7 Å². The Hall–Kier alpha value is -2.92. The van der Waals surface area contributed by atoms with Crippen LogP contribution in [0.25, 0.3) is 17.3 Å². The first-order valence-electron chi connectivity index (χ1n) is 6.85. The highest BCUT2D eigenvalue weighted by atomic mass is 79.9. The van der Waals surface area contributed by atoms with Crippen molar-refractivity contribution in [3.63, 3.8) is 0 Å². The molecule has 1 aromatic carbocycles. The second kappa shape index (κ2) is 7.57. The minimum absolute atomic E-state index is 0.109. The van der Waals surface area contributed by atoms with Crippen LogP contribution in [0.1, 0.15) is 12.0 Å². The van der Waals surface area contributed by atoms with Crippen LogP contribution in [0.4, 0.5) is 0 Å². The van der Waals surface area contributed by atoms with E-state index < -0.39 is 11.9 Å². The minimum atomic E-state index is -1.19. The molecule has 0 saturated carbocycles. The average Bonchev–Trinajstić information content (AvgIpc) is 2.94. The SMILES string of the molecule is N#C/C(=C\c1cn(CCC(=O)[O-])nc1-c1ccc(Br)cc1)C(N)=O. The van der Waals surface area contributed by atoms with Gasteiger partial charge in [-0.1, -0.05) is 28.1 Å². The first kappa shape index (κ1) is 17.4. The zero-order valence-electron chi connectivity index (χ0n) is 12.4. The summed E-state index contributed by atoms with van der Waals surface area (Å²) >= 11 is 3.34. The number of primary amides is 1. The third-order valence-corrected chi connectivity index (χ3v) is 3.67. The van der Waals surface area contributed by atoms with E-state index in [2.05, 4.69) is 21.0 Å². The summed E-state index contributed by atoms with van der Waals surface area (Å²) in [7, 11) is 0. The molecule has 0 aliphatic carbocycles. The van der Waals surface area contributed by atoms with Crippen molar-refractivity contribution in [3.05, 3.63) is 46.1 Å². The zero-order valence-corrected chi connectivity index (χ0v) is 14.0. The number of carbonyl (C=O) groups is 2. The number of nitriles is 1. The molecule has 1 aromatic heterocycles. The number of carbonyl (C=O) groups excluding carboxylic acids is 2. The molecule has 0 spiro atoms. The Morgan fingerprint density at radius 1 is 1.38 bits per heavy atom. The lowest BCUT2D eigenvalue weighted by atomic mass is 10.1. The topological polar surface area (TPSA) is 125 Å². The smallest absolute Gasteiger partial charge is 0.259 e. The molecule has 0 bridgehead atoms. The number of aliphatic carboxylic acids is 1. The molecule has 0 saturated heterocycles. The molecule has 2 aromatic rings. The van der Waals surface area contributed by atoms with E-state index in [4.69, 9.17) is 11.0 Å². The summed E-state index contributed by atoms with van der Waals surface area (Å²) in [5.41, 5.74) is 6.69. The van der Waals surface area contributed by atoms with E-state index in [0.29, 0.717) is 11.3 Å². The Balaban J connectivity index is 2.50. The van der Waals surface area contributed by atoms with Crippen molar-refractivity contribution in [3.8, 4) is 17.3 Å². The summed E-state index contributed by atoms with van der Waals surface area (Å²) in [5.74, 6) is -2.04. The Morgan fingerprint density at radius 2 is 2.04 bits per heavy atom. The van der Waals surface area contributed by atoms with E-state index in [9.17, 15) is 14.7 Å². The Kier molecular flexibility index (Phi) is 5.50. The van der Waals surface area contributed by atoms with Crippen LogP contribution in [0, 0.1) is 11.3 Å². The van der Waals surface area contributed by atoms with Crippen LogP contribution in [0.15, 0.2) is 40.5 Å². The second-order valence-electron chi connectivity index (χ2n) is 4.86. The summed E-state index contributed by atoms with van der Waals surface area (Å²) < 4.78 is 2.31. The van der Waals surface area contributed by atoms with Crippen LogP contribution in [0.2, 0.25) is 0 Å². The molecule has 0 aliphatic rings. The van der Waals surface area contributed by atoms with Crippen molar-refractivity contribution in [1.29, 1.82) is 5.26 Å². The highest BCUT2D eigenvalue weighted by Gasteiger charge is 2.13. The number of carboxylic acid groups (broad SMARTS) is 1. The summed E-state index contributed by atoms with van der Waals surface area (Å²) in [6, 6.07) is 9.00. The lowest BCUT2D eigenvalue weighted by Gasteiger charge is -2.02. The van der Waals surface area contributed by atoms with Gasteiger partial charge in [-0.05, 0) is 18.2 Å². The van der Waals surface area contributed by atoms with Crippen molar-refractivity contribution < 1.29 is 14.7 Å². The predicted molar refractivity (Wildman–Crippen MR) is 87.8 cm³/mol. The van der Waals surface area contributed by atoms with Gasteiger partial charge in [0.25, 0.3) is 5.91 Å². The van der Waals surface area contributed by atoms with Gasteiger partial charge in [-0.3, -0.25) is 9.48 Å². The monoisotopic (exact) mass is 387 g/mol. The molecule has 2 N–H and O–H groups in total. The molecule has 0 atom stereocenters. The number of carboxylic acids is 1. The predicted octanol–water partition coefficient (Wildman–Crippen LogP) is 0.845. The molecule has 0 fully saturated rings. The van der Waals surface area contributed by atoms with E-state index in [0.717, 1.165) is 10.0 Å². The van der Waals surface area contributed by atoms with Gasteiger partial charge in [0.15, 0.2) is 0 Å². The lowest BCUT2D eigenvalue weighted by Crippen LogP contribution is -2.23. The van der Waals surface area contributed by atoms with Gasteiger partial charge in [-0.25, -0.2) is 0 Å². The normalized spacial score (nSPS) is 11.1. The maximum absolute atomic E-state index is 11.3. The van der Waals surface area contributed by atoms with Gasteiger partial charge in [0.2, 0.25) is 0 Å². The molecule has 2 rings (SSSR count). The van der Waals surface area contributed by atoms with Crippen LogP contribution < -0.4 is 10.8 Å². The zero-order chi connectivity index (χ0) is 17.7. The van der Waals surface area contributed by atoms with Crippen molar-refractivity contribution in [2.75, 3.05) is 0 Å². The Labute approximate surface area is 146 Å². The highest BCUT2D eigenvalue weighted by molar-refractivity contribution is 9.10. The molecule has 0 radical (unpaired) electrons. The van der Waals surface area contributed by atoms with Gasteiger partial charge in [0.1, 0.15) is 11.6 Å². The standard InChI is InChI=1S/C16H13BrN4O3/c17-13-3-1-10(2-4-13)15-12(7-11(8-18)16(19)24)9-21(20-15)6-5-14(22)23/h1-4,7,9H,5-6H2,(H2,19,24)(H,22,23)/p-1/b11-7+. The maximum Gasteiger partial charge on any atom is 0.259 e. The molecule has 0 unspecified atom stereocenters. The van der Waals surface area contributed by atoms with Gasteiger partial charge in [-0.2, -0.15) is 10.4 Å². The average molecular weight is 388 g/mol. The molecule has 0 aliphatic heterocycles. The van der Waals surface area contributed by atoms with Crippen molar-refractivity contribution in [2.45, 2.75) is 13.0 Å². The molecule has 8 heteroatoms. The minimum Gasteiger partial charge on any atom is -0.550 e. The fourth-order valence-electron chi connectivity index (χ4n) is 2.01. The quantitative estimate of drug-likeness (QED) is 0.580. The number of benzene rings is 1. The first-order valence-corrected chi connectivity index (χ1v) is 7.65. The summed E-state index contributed by atoms with van der Waals surface area (Å²) in [6.45, 7) is 0.109. The lowest BCUT2D eigenvalue weighted by molar-refractivity contribution is -0.306. The number of halogens is 1. The van der Waals surface area contributed by atoms with Crippen LogP contribution in [0.3, 0.4) is 0 Å². The summed E-state index contributed by atoms with van der Waals surface area (Å²) in [5, 5.41) is 23.9. The number of rotatable bonds is 6. The number of aryl methyl sites for hydroxylation is 1. The maximum atomic E-state index is 11.3. The third-order valence-electron chi connectivity index (χ3n) is 3.14. The largest absolute Gasteiger partial charge is 0.550 e. The molecule has 1 amide bonds. The third kappa shape index (κ3) is 4.30. The molecular weight excluding hydrogens is 376 g/mol. The number of hydrogen-bond acceptors (Lipinski definition) is 5. The Bertz CT molecular complexity index is 847. The molecule has 24 heavy (non-hydrogen) atoms. The van der Waals surface area contributed by atoms with Crippen molar-refractivity contribution >= 4 is 33.9 Å². The van der Waals surface area contributed by atoms with Gasteiger partial charge >= 0.3 is 0 Å². The van der Waals surface area contributed by atoms with Gasteiger partial charge in [0, 0.05) is 40.7 Å². The first-order chi connectivity index (χ1) is 11.4. The van der Waals surface area contributed by atoms with E-state index >= 15 is 0 Å². The summed E-state index contributed by atoms with van der Waals surface area (Å²) in [4.78, 5) is 21.9. The molecule has 122 valence electrons. The second-order valence-corrected chi connectivity index (χ2v) is 5.77. The number of amides is 1. The van der Waals surface area contributed by atoms with Gasteiger partial charge in [0.05, 0.1) is 5.69 Å². The van der Waals surface area contributed by atoms with E-state index in [1.165, 1.54) is 10.8 Å². The van der Waals surface area contributed by atoms with Crippen molar-refractivity contribution in [2.24, 2.45) is 5.73 Å². The number of nitrogens with two attached hydrogens (primary N) is 1. The Morgan fingerprint density at radius 3 is 2.58 bits per heavy atom. The van der Waals surface area contributed by atoms with E-state index in [1.807, 2.05) is 24.3 Å². The van der Waals surface area contributed by atoms with Crippen molar-refractivity contribution in [1.82, 2.24) is 9.78 Å². The van der Waals surface area contributed by atoms with Gasteiger partial charge in [-0.15, -0.1) is 0 Å². The highest BCUT2D eigenvalue weighted by Crippen LogP contribution is 2.26. The number of aromatic nitrogens is 2. The fraction of sp³-hybridized carbons (Fsp3) is 0.125. The molecule has 1 heterocycles. The fourth-order valence-corrected chi connectivity index (χ4v) is 2.27. The van der Waals surface area contributed by atoms with E-state index in [-0.39, 0.29) is 18.5 Å². The summed E-state index contributed by atoms with van der Waals surface area (Å²) in [6.07, 6.45) is 2.69. The van der Waals surface area contributed by atoms with Crippen LogP contribution >= 0.6 is 15.9 Å². The number of hydrogen-bond donors (Lipinski definition) is 1. The van der Waals surface area contributed by atoms with E-state index in [1.54, 1.807) is 12.3 Å². The molecular formula is C16H12BrN4O3-. The van der Waals surface area contributed by atoms with Crippen LogP contribution in [-0.2, 0) is 16.1 Å².